The maximum atomic E-state index is 11.9. The first-order valence-corrected chi connectivity index (χ1v) is 6.56. The Morgan fingerprint density at radius 1 is 1.42 bits per heavy atom. The Morgan fingerprint density at radius 3 is 2.68 bits per heavy atom. The van der Waals surface area contributed by atoms with Gasteiger partial charge in [0, 0.05) is 32.2 Å². The monoisotopic (exact) mass is 268 g/mol. The smallest absolute Gasteiger partial charge is 0.330 e. The van der Waals surface area contributed by atoms with Crippen LogP contribution >= 0.6 is 0 Å². The fourth-order valence-electron chi connectivity index (χ4n) is 2.29. The van der Waals surface area contributed by atoms with Crippen LogP contribution in [-0.4, -0.2) is 34.4 Å². The molecule has 0 unspecified atom stereocenters. The van der Waals surface area contributed by atoms with Crippen LogP contribution in [0.1, 0.15) is 19.8 Å². The second-order valence-corrected chi connectivity index (χ2v) is 4.95. The number of hydrogen-bond acceptors (Lipinski definition) is 5. The highest BCUT2D eigenvalue weighted by atomic mass is 16.3. The molecule has 0 spiro atoms. The molecule has 1 aliphatic rings. The van der Waals surface area contributed by atoms with E-state index in [2.05, 4.69) is 4.98 Å². The number of nitrogen functional groups attached to an aromatic ring is 1. The largest absolute Gasteiger partial charge is 0.396 e. The number of aromatic nitrogens is 2. The third-order valence-corrected chi connectivity index (χ3v) is 3.48. The van der Waals surface area contributed by atoms with Gasteiger partial charge in [0.15, 0.2) is 0 Å². The Labute approximate surface area is 110 Å². The second-order valence-electron chi connectivity index (χ2n) is 4.95. The van der Waals surface area contributed by atoms with E-state index >= 15 is 0 Å². The van der Waals surface area contributed by atoms with Crippen molar-refractivity contribution in [1.29, 1.82) is 0 Å². The maximum absolute atomic E-state index is 11.9. The predicted molar refractivity (Wildman–Crippen MR) is 73.4 cm³/mol. The van der Waals surface area contributed by atoms with Crippen LogP contribution in [0.3, 0.4) is 0 Å². The molecule has 0 atom stereocenters. The molecular formula is C12H20N4O3. The lowest BCUT2D eigenvalue weighted by Crippen LogP contribution is -2.52. The molecule has 106 valence electrons. The number of hydrogen-bond donors (Lipinski definition) is 3. The van der Waals surface area contributed by atoms with E-state index in [0.717, 1.165) is 12.8 Å². The molecule has 0 radical (unpaired) electrons. The lowest BCUT2D eigenvalue weighted by molar-refractivity contribution is 0.200. The minimum Gasteiger partial charge on any atom is -0.396 e. The van der Waals surface area contributed by atoms with Crippen LogP contribution in [0.4, 0.5) is 11.5 Å². The van der Waals surface area contributed by atoms with E-state index in [1.807, 2.05) is 6.92 Å². The van der Waals surface area contributed by atoms with Crippen LogP contribution in [0.5, 0.6) is 0 Å². The van der Waals surface area contributed by atoms with E-state index in [-0.39, 0.29) is 18.3 Å². The summed E-state index contributed by atoms with van der Waals surface area (Å²) in [7, 11) is 0. The van der Waals surface area contributed by atoms with Gasteiger partial charge in [0.25, 0.3) is 5.56 Å². The fourth-order valence-corrected chi connectivity index (χ4v) is 2.29. The van der Waals surface area contributed by atoms with Gasteiger partial charge in [-0.05, 0) is 6.42 Å². The zero-order chi connectivity index (χ0) is 14.0. The molecule has 1 aromatic heterocycles. The first-order chi connectivity index (χ1) is 9.08. The van der Waals surface area contributed by atoms with Crippen molar-refractivity contribution >= 4 is 11.5 Å². The number of aromatic amines is 1. The molecule has 4 N–H and O–H groups in total. The standard InChI is InChI=1S/C12H20N4O3/c1-2-3-4-16-10(13)9(11(18)14-12(16)19)15-5-8(6-15)7-17/h8,17H,2-7,13H2,1H3,(H,14,18,19). The van der Waals surface area contributed by atoms with Gasteiger partial charge in [-0.25, -0.2) is 4.79 Å². The van der Waals surface area contributed by atoms with Crippen LogP contribution in [0.2, 0.25) is 0 Å². The predicted octanol–water partition coefficient (Wildman–Crippen LogP) is -0.653. The molecule has 7 heteroatoms. The molecular weight excluding hydrogens is 248 g/mol. The summed E-state index contributed by atoms with van der Waals surface area (Å²) < 4.78 is 1.41. The van der Waals surface area contributed by atoms with Gasteiger partial charge in [0.05, 0.1) is 0 Å². The average Bonchev–Trinajstić information content (AvgIpc) is 2.31. The molecule has 1 aliphatic heterocycles. The number of aliphatic hydroxyl groups is 1. The molecule has 2 rings (SSSR count). The number of nitrogens with two attached hydrogens (primary N) is 1. The van der Waals surface area contributed by atoms with Gasteiger partial charge in [-0.2, -0.15) is 0 Å². The highest BCUT2D eigenvalue weighted by Gasteiger charge is 2.30. The zero-order valence-electron chi connectivity index (χ0n) is 11.1. The lowest BCUT2D eigenvalue weighted by Gasteiger charge is -2.40. The number of rotatable bonds is 5. The van der Waals surface area contributed by atoms with E-state index in [9.17, 15) is 9.59 Å². The summed E-state index contributed by atoms with van der Waals surface area (Å²) in [5.74, 6) is 0.397. The fraction of sp³-hybridized carbons (Fsp3) is 0.667. The SMILES string of the molecule is CCCCn1c(N)c(N2CC(CO)C2)c(=O)[nH]c1=O. The van der Waals surface area contributed by atoms with Crippen molar-refractivity contribution in [3.63, 3.8) is 0 Å². The molecule has 1 aromatic rings. The molecule has 0 bridgehead atoms. The minimum absolute atomic E-state index is 0.101. The van der Waals surface area contributed by atoms with Crippen molar-refractivity contribution in [3.8, 4) is 0 Å². The third-order valence-electron chi connectivity index (χ3n) is 3.48. The summed E-state index contributed by atoms with van der Waals surface area (Å²) in [5, 5.41) is 9.01. The maximum Gasteiger partial charge on any atom is 0.330 e. The van der Waals surface area contributed by atoms with Crippen LogP contribution in [0.25, 0.3) is 0 Å². The van der Waals surface area contributed by atoms with Gasteiger partial charge in [-0.15, -0.1) is 0 Å². The zero-order valence-corrected chi connectivity index (χ0v) is 11.1. The van der Waals surface area contributed by atoms with E-state index in [1.54, 1.807) is 4.90 Å². The molecule has 0 amide bonds. The number of nitrogens with one attached hydrogen (secondary N) is 1. The second kappa shape index (κ2) is 5.48. The quantitative estimate of drug-likeness (QED) is 0.658. The molecule has 0 aliphatic carbocycles. The van der Waals surface area contributed by atoms with Crippen molar-refractivity contribution in [2.75, 3.05) is 30.3 Å². The van der Waals surface area contributed by atoms with Gasteiger partial charge >= 0.3 is 5.69 Å². The summed E-state index contributed by atoms with van der Waals surface area (Å²) in [6, 6.07) is 0. The van der Waals surface area contributed by atoms with E-state index < -0.39 is 11.2 Å². The highest BCUT2D eigenvalue weighted by Crippen LogP contribution is 2.25. The van der Waals surface area contributed by atoms with Crippen molar-refractivity contribution in [1.82, 2.24) is 9.55 Å². The molecule has 19 heavy (non-hydrogen) atoms. The Balaban J connectivity index is 2.33. The van der Waals surface area contributed by atoms with Crippen LogP contribution in [-0.2, 0) is 6.54 Å². The topological polar surface area (TPSA) is 104 Å². The van der Waals surface area contributed by atoms with E-state index in [4.69, 9.17) is 10.8 Å². The van der Waals surface area contributed by atoms with Gasteiger partial charge in [0.1, 0.15) is 11.5 Å². The summed E-state index contributed by atoms with van der Waals surface area (Å²) in [4.78, 5) is 27.7. The Bertz CT molecular complexity index is 557. The number of aliphatic hydroxyl groups excluding tert-OH is 1. The lowest BCUT2D eigenvalue weighted by atomic mass is 10.0. The summed E-state index contributed by atoms with van der Waals surface area (Å²) in [6.07, 6.45) is 1.77. The van der Waals surface area contributed by atoms with Gasteiger partial charge in [-0.1, -0.05) is 13.3 Å². The van der Waals surface area contributed by atoms with Crippen LogP contribution in [0, 0.1) is 5.92 Å². The number of anilines is 2. The van der Waals surface area contributed by atoms with Crippen molar-refractivity contribution in [2.45, 2.75) is 26.3 Å². The number of unbranched alkanes of at least 4 members (excludes halogenated alkanes) is 1. The Hall–Kier alpha value is -1.76. The average molecular weight is 268 g/mol. The first-order valence-electron chi connectivity index (χ1n) is 6.56. The number of H-pyrrole nitrogens is 1. The van der Waals surface area contributed by atoms with Gasteiger partial charge in [-0.3, -0.25) is 14.3 Å². The number of nitrogens with zero attached hydrogens (tertiary/aromatic N) is 2. The minimum atomic E-state index is -0.459. The van der Waals surface area contributed by atoms with Crippen LogP contribution in [0.15, 0.2) is 9.59 Å². The summed E-state index contributed by atoms with van der Waals surface area (Å²) in [6.45, 7) is 3.81. The van der Waals surface area contributed by atoms with Crippen molar-refractivity contribution in [3.05, 3.63) is 20.8 Å². The molecule has 0 saturated carbocycles. The normalized spacial score (nSPS) is 15.6. The molecule has 1 saturated heterocycles. The van der Waals surface area contributed by atoms with E-state index in [1.165, 1.54) is 4.57 Å². The summed E-state index contributed by atoms with van der Waals surface area (Å²) >= 11 is 0. The molecule has 1 fully saturated rings. The molecule has 0 aromatic carbocycles. The van der Waals surface area contributed by atoms with Crippen molar-refractivity contribution in [2.24, 2.45) is 5.92 Å². The van der Waals surface area contributed by atoms with Gasteiger partial charge in [0.2, 0.25) is 0 Å². The molecule has 2 heterocycles. The Morgan fingerprint density at radius 2 is 2.11 bits per heavy atom. The first kappa shape index (κ1) is 13.7. The summed E-state index contributed by atoms with van der Waals surface area (Å²) in [5.41, 5.74) is 5.40. The Kier molecular flexibility index (Phi) is 3.94. The highest BCUT2D eigenvalue weighted by molar-refractivity contribution is 5.63. The third kappa shape index (κ3) is 2.51. The molecule has 7 nitrogen and oxygen atoms in total. The van der Waals surface area contributed by atoms with E-state index in [0.29, 0.717) is 25.3 Å². The van der Waals surface area contributed by atoms with Crippen molar-refractivity contribution < 1.29 is 5.11 Å². The van der Waals surface area contributed by atoms with Crippen LogP contribution < -0.4 is 21.9 Å². The van der Waals surface area contributed by atoms with Gasteiger partial charge < -0.3 is 15.7 Å².